The van der Waals surface area contributed by atoms with Crippen molar-refractivity contribution in [2.45, 2.75) is 25.7 Å². The number of sulfonamides is 1. The number of hydrogen-bond donors (Lipinski definition) is 1. The second-order valence-electron chi connectivity index (χ2n) is 8.64. The minimum absolute atomic E-state index is 0.271. The third kappa shape index (κ3) is 6.96. The molecule has 184 valence electrons. The Labute approximate surface area is 216 Å². The van der Waals surface area contributed by atoms with Crippen LogP contribution in [0, 0.1) is 11.3 Å². The fourth-order valence-electron chi connectivity index (χ4n) is 3.68. The standard InChI is InChI=1S/C26H27Cl2N3O3S/c1-26(2,22-14-20(16-29)25(24(28)15-22)34-13-11-27)21-7-4-18(5-8-21)19-6-9-23(30-17-19)10-12-31-35(3,32)33/h4-9,14-15,17,31H,10-13H2,1-3H3. The zero-order valence-corrected chi connectivity index (χ0v) is 22.1. The third-order valence-corrected chi connectivity index (χ3v) is 6.88. The second-order valence-corrected chi connectivity index (χ2v) is 11.3. The fourth-order valence-corrected chi connectivity index (χ4v) is 4.50. The maximum Gasteiger partial charge on any atom is 0.208 e. The van der Waals surface area contributed by atoms with Crippen LogP contribution in [0.5, 0.6) is 5.75 Å². The third-order valence-electron chi connectivity index (χ3n) is 5.72. The summed E-state index contributed by atoms with van der Waals surface area (Å²) in [5.74, 6) is 0.659. The largest absolute Gasteiger partial charge is 0.489 e. The van der Waals surface area contributed by atoms with E-state index in [0.29, 0.717) is 35.2 Å². The first-order valence-electron chi connectivity index (χ1n) is 11.0. The molecule has 0 aliphatic heterocycles. The minimum Gasteiger partial charge on any atom is -0.489 e. The summed E-state index contributed by atoms with van der Waals surface area (Å²) in [4.78, 5) is 4.45. The molecule has 35 heavy (non-hydrogen) atoms. The number of halogens is 2. The number of pyridine rings is 1. The normalized spacial score (nSPS) is 11.8. The van der Waals surface area contributed by atoms with Crippen LogP contribution < -0.4 is 9.46 Å². The molecule has 0 fully saturated rings. The summed E-state index contributed by atoms with van der Waals surface area (Å²) in [6.45, 7) is 4.74. The van der Waals surface area contributed by atoms with Crippen LogP contribution >= 0.6 is 23.2 Å². The Morgan fingerprint density at radius 2 is 1.77 bits per heavy atom. The van der Waals surface area contributed by atoms with Crippen LogP contribution in [0.3, 0.4) is 0 Å². The van der Waals surface area contributed by atoms with Gasteiger partial charge in [0.1, 0.15) is 12.7 Å². The van der Waals surface area contributed by atoms with E-state index in [-0.39, 0.29) is 6.61 Å². The molecule has 0 atom stereocenters. The van der Waals surface area contributed by atoms with Gasteiger partial charge >= 0.3 is 0 Å². The van der Waals surface area contributed by atoms with Crippen molar-refractivity contribution in [2.24, 2.45) is 0 Å². The van der Waals surface area contributed by atoms with E-state index in [4.69, 9.17) is 27.9 Å². The van der Waals surface area contributed by atoms with Gasteiger partial charge < -0.3 is 4.74 Å². The van der Waals surface area contributed by atoms with E-state index in [1.54, 1.807) is 6.20 Å². The van der Waals surface area contributed by atoms with Gasteiger partial charge in [0.05, 0.1) is 22.7 Å². The number of alkyl halides is 1. The van der Waals surface area contributed by atoms with Crippen molar-refractivity contribution in [3.8, 4) is 22.9 Å². The van der Waals surface area contributed by atoms with Gasteiger partial charge in [0, 0.05) is 35.8 Å². The number of ether oxygens (including phenoxy) is 1. The van der Waals surface area contributed by atoms with E-state index in [0.717, 1.165) is 34.2 Å². The Morgan fingerprint density at radius 3 is 2.34 bits per heavy atom. The Balaban J connectivity index is 1.79. The maximum atomic E-state index is 11.2. The van der Waals surface area contributed by atoms with Crippen LogP contribution in [0.1, 0.15) is 36.2 Å². The number of nitrogens with one attached hydrogen (secondary N) is 1. The van der Waals surface area contributed by atoms with Gasteiger partial charge in [0.15, 0.2) is 5.75 Å². The molecule has 0 radical (unpaired) electrons. The lowest BCUT2D eigenvalue weighted by molar-refractivity contribution is 0.341. The first kappa shape index (κ1) is 27.0. The molecule has 0 spiro atoms. The highest BCUT2D eigenvalue weighted by molar-refractivity contribution is 7.88. The number of rotatable bonds is 10. The van der Waals surface area contributed by atoms with Gasteiger partial charge in [-0.15, -0.1) is 11.6 Å². The summed E-state index contributed by atoms with van der Waals surface area (Å²) in [6.07, 6.45) is 3.44. The van der Waals surface area contributed by atoms with E-state index in [1.807, 2.05) is 36.4 Å². The van der Waals surface area contributed by atoms with Crippen molar-refractivity contribution in [3.05, 3.63) is 82.1 Å². The topological polar surface area (TPSA) is 92.1 Å². The molecule has 1 heterocycles. The Morgan fingerprint density at radius 1 is 1.09 bits per heavy atom. The van der Waals surface area contributed by atoms with E-state index < -0.39 is 15.4 Å². The molecular weight excluding hydrogens is 505 g/mol. The van der Waals surface area contributed by atoms with Gasteiger partial charge in [0.25, 0.3) is 0 Å². The summed E-state index contributed by atoms with van der Waals surface area (Å²) < 4.78 is 30.4. The van der Waals surface area contributed by atoms with E-state index in [9.17, 15) is 13.7 Å². The SMILES string of the molecule is CC(C)(c1ccc(-c2ccc(CCNS(C)(=O)=O)nc2)cc1)c1cc(Cl)c(OCCCl)c(C#N)c1. The van der Waals surface area contributed by atoms with Crippen molar-refractivity contribution in [1.29, 1.82) is 5.26 Å². The van der Waals surface area contributed by atoms with E-state index >= 15 is 0 Å². The molecule has 0 aliphatic carbocycles. The average Bonchev–Trinajstić information content (AvgIpc) is 2.82. The van der Waals surface area contributed by atoms with Crippen LogP contribution in [0.15, 0.2) is 54.7 Å². The Hall–Kier alpha value is -2.63. The van der Waals surface area contributed by atoms with Gasteiger partial charge in [-0.05, 0) is 34.9 Å². The highest BCUT2D eigenvalue weighted by Crippen LogP contribution is 2.38. The van der Waals surface area contributed by atoms with Gasteiger partial charge in [-0.25, -0.2) is 13.1 Å². The molecule has 1 N–H and O–H groups in total. The number of benzene rings is 2. The van der Waals surface area contributed by atoms with Crippen molar-refractivity contribution in [1.82, 2.24) is 9.71 Å². The molecule has 0 aliphatic rings. The second kappa shape index (κ2) is 11.4. The molecule has 1 aromatic heterocycles. The molecule has 0 amide bonds. The van der Waals surface area contributed by atoms with Crippen molar-refractivity contribution < 1.29 is 13.2 Å². The Bertz CT molecular complexity index is 1320. The van der Waals surface area contributed by atoms with Crippen LogP contribution in [0.25, 0.3) is 11.1 Å². The van der Waals surface area contributed by atoms with Crippen LogP contribution in [-0.2, 0) is 21.9 Å². The van der Waals surface area contributed by atoms with Crippen molar-refractivity contribution in [2.75, 3.05) is 25.3 Å². The predicted octanol–water partition coefficient (Wildman–Crippen LogP) is 5.31. The smallest absolute Gasteiger partial charge is 0.208 e. The first-order valence-corrected chi connectivity index (χ1v) is 13.8. The summed E-state index contributed by atoms with van der Waals surface area (Å²) in [5, 5.41) is 9.99. The monoisotopic (exact) mass is 531 g/mol. The number of hydrogen-bond acceptors (Lipinski definition) is 5. The maximum absolute atomic E-state index is 11.2. The highest BCUT2D eigenvalue weighted by atomic mass is 35.5. The predicted molar refractivity (Wildman–Crippen MR) is 141 cm³/mol. The number of nitriles is 1. The summed E-state index contributed by atoms with van der Waals surface area (Å²) in [5.41, 5.74) is 4.72. The average molecular weight is 532 g/mol. The minimum atomic E-state index is -3.21. The summed E-state index contributed by atoms with van der Waals surface area (Å²) >= 11 is 12.2. The quantitative estimate of drug-likeness (QED) is 0.358. The zero-order valence-electron chi connectivity index (χ0n) is 19.8. The van der Waals surface area contributed by atoms with Gasteiger partial charge in [-0.3, -0.25) is 4.98 Å². The van der Waals surface area contributed by atoms with Crippen LogP contribution in [0.2, 0.25) is 5.02 Å². The van der Waals surface area contributed by atoms with Gasteiger partial charge in [-0.1, -0.05) is 55.8 Å². The number of nitrogens with zero attached hydrogens (tertiary/aromatic N) is 2. The molecule has 2 aromatic carbocycles. The molecule has 0 saturated heterocycles. The highest BCUT2D eigenvalue weighted by Gasteiger charge is 2.26. The molecule has 0 unspecified atom stereocenters. The van der Waals surface area contributed by atoms with Crippen molar-refractivity contribution >= 4 is 33.2 Å². The van der Waals surface area contributed by atoms with Gasteiger partial charge in [-0.2, -0.15) is 5.26 Å². The van der Waals surface area contributed by atoms with Gasteiger partial charge in [0.2, 0.25) is 10.0 Å². The summed E-state index contributed by atoms with van der Waals surface area (Å²) in [6, 6.07) is 17.9. The van der Waals surface area contributed by atoms with Crippen LogP contribution in [0.4, 0.5) is 0 Å². The van der Waals surface area contributed by atoms with E-state index in [1.165, 1.54) is 0 Å². The lowest BCUT2D eigenvalue weighted by Gasteiger charge is -2.27. The molecule has 6 nitrogen and oxygen atoms in total. The molecule has 3 aromatic rings. The molecule has 0 bridgehead atoms. The van der Waals surface area contributed by atoms with Crippen LogP contribution in [-0.4, -0.2) is 38.7 Å². The zero-order chi connectivity index (χ0) is 25.6. The number of aromatic nitrogens is 1. The molecule has 0 saturated carbocycles. The molecular formula is C26H27Cl2N3O3S. The first-order chi connectivity index (χ1) is 16.5. The molecule has 9 heteroatoms. The molecule has 3 rings (SSSR count). The lowest BCUT2D eigenvalue weighted by atomic mass is 9.77. The Kier molecular flexibility index (Phi) is 8.79. The van der Waals surface area contributed by atoms with Crippen molar-refractivity contribution in [3.63, 3.8) is 0 Å². The lowest BCUT2D eigenvalue weighted by Crippen LogP contribution is -2.24. The summed E-state index contributed by atoms with van der Waals surface area (Å²) in [7, 11) is -3.21. The fraction of sp³-hybridized carbons (Fsp3) is 0.308. The van der Waals surface area contributed by atoms with E-state index in [2.05, 4.69) is 41.8 Å².